The van der Waals surface area contributed by atoms with E-state index in [2.05, 4.69) is 9.97 Å². The molecule has 1 saturated heterocycles. The van der Waals surface area contributed by atoms with Crippen LogP contribution < -0.4 is 10.6 Å². The van der Waals surface area contributed by atoms with Gasteiger partial charge < -0.3 is 10.6 Å². The van der Waals surface area contributed by atoms with Crippen molar-refractivity contribution in [3.05, 3.63) is 16.5 Å². The van der Waals surface area contributed by atoms with E-state index >= 15 is 0 Å². The predicted molar refractivity (Wildman–Crippen MR) is 75.4 cm³/mol. The molecule has 1 amide bonds. The van der Waals surface area contributed by atoms with Gasteiger partial charge in [-0.2, -0.15) is 0 Å². The zero-order valence-electron chi connectivity index (χ0n) is 11.5. The summed E-state index contributed by atoms with van der Waals surface area (Å²) in [5.41, 5.74) is 6.26. The molecule has 1 aliphatic rings. The van der Waals surface area contributed by atoms with Crippen LogP contribution in [0.3, 0.4) is 0 Å². The summed E-state index contributed by atoms with van der Waals surface area (Å²) in [5, 5.41) is 0.448. The lowest BCUT2D eigenvalue weighted by atomic mass is 10.2. The first-order valence-corrected chi connectivity index (χ1v) is 6.89. The maximum Gasteiger partial charge on any atom is 0.240 e. The highest BCUT2D eigenvalue weighted by atomic mass is 35.5. The van der Waals surface area contributed by atoms with Gasteiger partial charge in [0.05, 0.1) is 0 Å². The maximum atomic E-state index is 11.5. The van der Waals surface area contributed by atoms with Crippen molar-refractivity contribution in [3.8, 4) is 0 Å². The Morgan fingerprint density at radius 1 is 1.47 bits per heavy atom. The Bertz CT molecular complexity index is 504. The Morgan fingerprint density at radius 2 is 2.16 bits per heavy atom. The molecule has 1 atom stereocenters. The summed E-state index contributed by atoms with van der Waals surface area (Å²) < 4.78 is 0. The Kier molecular flexibility index (Phi) is 3.94. The number of carbonyl (C=O) groups is 1. The number of aromatic nitrogens is 2. The van der Waals surface area contributed by atoms with E-state index in [0.29, 0.717) is 11.0 Å². The zero-order valence-corrected chi connectivity index (χ0v) is 12.2. The van der Waals surface area contributed by atoms with Crippen LogP contribution in [0, 0.1) is 6.92 Å². The van der Waals surface area contributed by atoms with E-state index in [1.165, 1.54) is 0 Å². The molecular formula is C13H19ClN4O. The fourth-order valence-corrected chi connectivity index (χ4v) is 2.52. The molecule has 2 N–H and O–H groups in total. The lowest BCUT2D eigenvalue weighted by Gasteiger charge is -2.25. The van der Waals surface area contributed by atoms with Crippen molar-refractivity contribution in [3.63, 3.8) is 0 Å². The van der Waals surface area contributed by atoms with Gasteiger partial charge in [-0.05, 0) is 19.8 Å². The van der Waals surface area contributed by atoms with Gasteiger partial charge in [-0.25, -0.2) is 9.97 Å². The third kappa shape index (κ3) is 2.66. The van der Waals surface area contributed by atoms with Crippen LogP contribution in [0.1, 0.15) is 44.0 Å². The summed E-state index contributed by atoms with van der Waals surface area (Å²) in [6.07, 6.45) is 1.71. The van der Waals surface area contributed by atoms with E-state index in [1.54, 1.807) is 0 Å². The van der Waals surface area contributed by atoms with Crippen LogP contribution in [0.2, 0.25) is 5.15 Å². The number of nitrogens with two attached hydrogens (primary N) is 1. The minimum absolute atomic E-state index is 0.187. The largest absolute Gasteiger partial charge is 0.368 e. The monoisotopic (exact) mass is 282 g/mol. The number of hydrogen-bond acceptors (Lipinski definition) is 4. The number of hydrogen-bond donors (Lipinski definition) is 1. The topological polar surface area (TPSA) is 72.1 Å². The first kappa shape index (κ1) is 14.1. The quantitative estimate of drug-likeness (QED) is 0.861. The van der Waals surface area contributed by atoms with Gasteiger partial charge >= 0.3 is 0 Å². The first-order chi connectivity index (χ1) is 8.91. The molecule has 1 aliphatic heterocycles. The molecule has 6 heteroatoms. The van der Waals surface area contributed by atoms with Crippen molar-refractivity contribution in [1.82, 2.24) is 9.97 Å². The van der Waals surface area contributed by atoms with E-state index < -0.39 is 0 Å². The third-order valence-corrected chi connectivity index (χ3v) is 3.82. The summed E-state index contributed by atoms with van der Waals surface area (Å²) in [6, 6.07) is -0.287. The molecule has 1 aromatic heterocycles. The van der Waals surface area contributed by atoms with Crippen LogP contribution >= 0.6 is 11.6 Å². The SMILES string of the molecule is Cc1c(Cl)nc(C(C)C)nc1N1CCCC1C(N)=O. The van der Waals surface area contributed by atoms with Crippen LogP contribution in [0.15, 0.2) is 0 Å². The second-order valence-corrected chi connectivity index (χ2v) is 5.59. The van der Waals surface area contributed by atoms with Crippen LogP contribution in [0.4, 0.5) is 5.82 Å². The molecule has 104 valence electrons. The molecule has 0 aromatic carbocycles. The second-order valence-electron chi connectivity index (χ2n) is 5.23. The summed E-state index contributed by atoms with van der Waals surface area (Å²) in [7, 11) is 0. The number of carbonyl (C=O) groups excluding carboxylic acids is 1. The molecule has 5 nitrogen and oxygen atoms in total. The summed E-state index contributed by atoms with van der Waals surface area (Å²) >= 11 is 6.17. The standard InChI is InChI=1S/C13H19ClN4O/c1-7(2)12-16-10(14)8(3)13(17-12)18-6-4-5-9(18)11(15)19/h7,9H,4-6H2,1-3H3,(H2,15,19). The highest BCUT2D eigenvalue weighted by Crippen LogP contribution is 2.30. The molecule has 0 bridgehead atoms. The van der Waals surface area contributed by atoms with Gasteiger partial charge in [-0.1, -0.05) is 25.4 Å². The molecule has 0 spiro atoms. The maximum absolute atomic E-state index is 11.5. The lowest BCUT2D eigenvalue weighted by molar-refractivity contribution is -0.119. The van der Waals surface area contributed by atoms with Crippen LogP contribution in [-0.4, -0.2) is 28.5 Å². The molecule has 1 unspecified atom stereocenters. The van der Waals surface area contributed by atoms with E-state index in [0.717, 1.165) is 30.8 Å². The van der Waals surface area contributed by atoms with Crippen molar-refractivity contribution in [2.75, 3.05) is 11.4 Å². The summed E-state index contributed by atoms with van der Waals surface area (Å²) in [4.78, 5) is 22.3. The average molecular weight is 283 g/mol. The van der Waals surface area contributed by atoms with E-state index in [9.17, 15) is 4.79 Å². The van der Waals surface area contributed by atoms with Gasteiger partial charge in [0.2, 0.25) is 5.91 Å². The van der Waals surface area contributed by atoms with Gasteiger partial charge in [0, 0.05) is 18.0 Å². The van der Waals surface area contributed by atoms with E-state index in [1.807, 2.05) is 25.7 Å². The number of anilines is 1. The minimum Gasteiger partial charge on any atom is -0.368 e. The molecular weight excluding hydrogens is 264 g/mol. The van der Waals surface area contributed by atoms with Crippen molar-refractivity contribution in [1.29, 1.82) is 0 Å². The fraction of sp³-hybridized carbons (Fsp3) is 0.615. The Labute approximate surface area is 118 Å². The van der Waals surface area contributed by atoms with Crippen LogP contribution in [0.25, 0.3) is 0 Å². The molecule has 2 rings (SSSR count). The third-order valence-electron chi connectivity index (χ3n) is 3.45. The van der Waals surface area contributed by atoms with Crippen molar-refractivity contribution >= 4 is 23.3 Å². The Hall–Kier alpha value is -1.36. The average Bonchev–Trinajstić information content (AvgIpc) is 2.81. The Morgan fingerprint density at radius 3 is 2.74 bits per heavy atom. The number of primary amides is 1. The second kappa shape index (κ2) is 5.33. The Balaban J connectivity index is 2.46. The minimum atomic E-state index is -0.308. The number of nitrogens with zero attached hydrogens (tertiary/aromatic N) is 3. The van der Waals surface area contributed by atoms with E-state index in [4.69, 9.17) is 17.3 Å². The van der Waals surface area contributed by atoms with Gasteiger partial charge in [0.15, 0.2) is 0 Å². The molecule has 0 radical (unpaired) electrons. The van der Waals surface area contributed by atoms with Gasteiger partial charge in [-0.3, -0.25) is 4.79 Å². The zero-order chi connectivity index (χ0) is 14.2. The molecule has 0 aliphatic carbocycles. The smallest absolute Gasteiger partial charge is 0.240 e. The van der Waals surface area contributed by atoms with E-state index in [-0.39, 0.29) is 17.9 Å². The summed E-state index contributed by atoms with van der Waals surface area (Å²) in [5.74, 6) is 1.31. The number of halogens is 1. The highest BCUT2D eigenvalue weighted by molar-refractivity contribution is 6.30. The lowest BCUT2D eigenvalue weighted by Crippen LogP contribution is -2.41. The highest BCUT2D eigenvalue weighted by Gasteiger charge is 2.32. The number of amides is 1. The van der Waals surface area contributed by atoms with Crippen molar-refractivity contribution in [2.24, 2.45) is 5.73 Å². The molecule has 1 aromatic rings. The molecule has 1 fully saturated rings. The van der Waals surface area contributed by atoms with Gasteiger partial charge in [0.1, 0.15) is 22.8 Å². The van der Waals surface area contributed by atoms with Crippen LogP contribution in [-0.2, 0) is 4.79 Å². The first-order valence-electron chi connectivity index (χ1n) is 6.51. The fourth-order valence-electron chi connectivity index (χ4n) is 2.35. The van der Waals surface area contributed by atoms with Gasteiger partial charge in [-0.15, -0.1) is 0 Å². The van der Waals surface area contributed by atoms with Crippen LogP contribution in [0.5, 0.6) is 0 Å². The number of rotatable bonds is 3. The summed E-state index contributed by atoms with van der Waals surface area (Å²) in [6.45, 7) is 6.68. The molecule has 0 saturated carbocycles. The van der Waals surface area contributed by atoms with Crippen molar-refractivity contribution < 1.29 is 4.79 Å². The molecule has 2 heterocycles. The van der Waals surface area contributed by atoms with Gasteiger partial charge in [0.25, 0.3) is 0 Å². The molecule has 19 heavy (non-hydrogen) atoms. The predicted octanol–water partition coefficient (Wildman–Crippen LogP) is 2.02. The van der Waals surface area contributed by atoms with Crippen molar-refractivity contribution in [2.45, 2.75) is 45.6 Å². The normalized spacial score (nSPS) is 19.2.